The van der Waals surface area contributed by atoms with E-state index in [0.29, 0.717) is 5.69 Å². The second kappa shape index (κ2) is 5.88. The lowest BCUT2D eigenvalue weighted by atomic mass is 10.0. The number of halogens is 1. The zero-order valence-electron chi connectivity index (χ0n) is 12.1. The van der Waals surface area contributed by atoms with Gasteiger partial charge in [0, 0.05) is 11.9 Å². The summed E-state index contributed by atoms with van der Waals surface area (Å²) in [5.74, 6) is 3.67. The molecule has 0 aliphatic carbocycles. The van der Waals surface area contributed by atoms with Crippen LogP contribution in [0.5, 0.6) is 0 Å². The van der Waals surface area contributed by atoms with Crippen LogP contribution in [0, 0.1) is 26.6 Å². The molecule has 0 saturated heterocycles. The molecule has 110 valence electrons. The van der Waals surface area contributed by atoms with Crippen molar-refractivity contribution in [1.29, 1.82) is 0 Å². The van der Waals surface area contributed by atoms with Crippen molar-refractivity contribution < 1.29 is 9.18 Å². The number of aromatic nitrogens is 1. The van der Waals surface area contributed by atoms with Crippen molar-refractivity contribution >= 4 is 17.4 Å². The average molecular weight is 288 g/mol. The maximum Gasteiger partial charge on any atom is 0.258 e. The highest BCUT2D eigenvalue weighted by molar-refractivity contribution is 6.05. The van der Waals surface area contributed by atoms with E-state index in [2.05, 4.69) is 15.7 Å². The number of carbonyl (C=O) groups is 1. The molecule has 1 aromatic carbocycles. The molecule has 1 heterocycles. The van der Waals surface area contributed by atoms with E-state index < -0.39 is 11.7 Å². The fourth-order valence-corrected chi connectivity index (χ4v) is 2.28. The van der Waals surface area contributed by atoms with Gasteiger partial charge in [-0.05, 0) is 38.0 Å². The first kappa shape index (κ1) is 14.9. The van der Waals surface area contributed by atoms with Crippen molar-refractivity contribution in [1.82, 2.24) is 4.98 Å². The van der Waals surface area contributed by atoms with Crippen molar-refractivity contribution in [3.05, 3.63) is 52.5 Å². The number of anilines is 2. The summed E-state index contributed by atoms with van der Waals surface area (Å²) in [6.07, 6.45) is 1.32. The van der Waals surface area contributed by atoms with Crippen molar-refractivity contribution in [2.75, 3.05) is 10.7 Å². The van der Waals surface area contributed by atoms with Gasteiger partial charge in [0.1, 0.15) is 0 Å². The van der Waals surface area contributed by atoms with E-state index >= 15 is 0 Å². The highest BCUT2D eigenvalue weighted by Crippen LogP contribution is 2.23. The molecule has 21 heavy (non-hydrogen) atoms. The van der Waals surface area contributed by atoms with Gasteiger partial charge in [-0.3, -0.25) is 4.79 Å². The third kappa shape index (κ3) is 3.00. The largest absolute Gasteiger partial charge is 0.321 e. The fraction of sp³-hybridized carbons (Fsp3) is 0.200. The molecule has 1 amide bonds. The molecule has 2 aromatic rings. The van der Waals surface area contributed by atoms with Crippen LogP contribution in [0.3, 0.4) is 0 Å². The molecule has 0 bridgehead atoms. The summed E-state index contributed by atoms with van der Waals surface area (Å²) in [4.78, 5) is 15.9. The van der Waals surface area contributed by atoms with E-state index in [9.17, 15) is 9.18 Å². The zero-order valence-corrected chi connectivity index (χ0v) is 12.1. The summed E-state index contributed by atoms with van der Waals surface area (Å²) < 4.78 is 14.0. The Morgan fingerprint density at radius 1 is 1.24 bits per heavy atom. The topological polar surface area (TPSA) is 80.0 Å². The highest BCUT2D eigenvalue weighted by atomic mass is 19.1. The lowest BCUT2D eigenvalue weighted by Crippen LogP contribution is -2.18. The van der Waals surface area contributed by atoms with Gasteiger partial charge in [-0.25, -0.2) is 15.2 Å². The second-order valence-corrected chi connectivity index (χ2v) is 4.89. The van der Waals surface area contributed by atoms with E-state index in [1.807, 2.05) is 32.9 Å². The Labute approximate surface area is 122 Å². The summed E-state index contributed by atoms with van der Waals surface area (Å²) in [6, 6.07) is 5.22. The lowest BCUT2D eigenvalue weighted by molar-refractivity contribution is 0.102. The molecular weight excluding hydrogens is 271 g/mol. The van der Waals surface area contributed by atoms with Crippen LogP contribution in [-0.2, 0) is 0 Å². The summed E-state index contributed by atoms with van der Waals surface area (Å²) in [7, 11) is 0. The maximum absolute atomic E-state index is 14.0. The Hall–Kier alpha value is -2.47. The Morgan fingerprint density at radius 2 is 1.86 bits per heavy atom. The van der Waals surface area contributed by atoms with Crippen LogP contribution in [0.4, 0.5) is 15.9 Å². The number of rotatable bonds is 3. The number of aryl methyl sites for hydroxylation is 3. The Morgan fingerprint density at radius 3 is 2.43 bits per heavy atom. The quantitative estimate of drug-likeness (QED) is 0.599. The molecule has 0 atom stereocenters. The van der Waals surface area contributed by atoms with Crippen molar-refractivity contribution in [3.63, 3.8) is 0 Å². The van der Waals surface area contributed by atoms with Crippen LogP contribution in [0.25, 0.3) is 0 Å². The zero-order chi connectivity index (χ0) is 15.6. The van der Waals surface area contributed by atoms with E-state index in [4.69, 9.17) is 5.84 Å². The summed E-state index contributed by atoms with van der Waals surface area (Å²) >= 11 is 0. The SMILES string of the molecule is Cc1cc(C)c(NC(=O)c2ccnc(NN)c2F)c(C)c1. The van der Waals surface area contributed by atoms with Gasteiger partial charge < -0.3 is 10.7 Å². The molecule has 0 fully saturated rings. The molecule has 0 aliphatic rings. The normalized spacial score (nSPS) is 10.3. The van der Waals surface area contributed by atoms with Gasteiger partial charge >= 0.3 is 0 Å². The number of nitrogen functional groups attached to an aromatic ring is 1. The fourth-order valence-electron chi connectivity index (χ4n) is 2.28. The predicted molar refractivity (Wildman–Crippen MR) is 80.6 cm³/mol. The Balaban J connectivity index is 2.35. The molecule has 0 radical (unpaired) electrons. The minimum atomic E-state index is -0.778. The first-order valence-corrected chi connectivity index (χ1v) is 6.44. The molecule has 5 nitrogen and oxygen atoms in total. The maximum atomic E-state index is 14.0. The smallest absolute Gasteiger partial charge is 0.258 e. The van der Waals surface area contributed by atoms with E-state index in [0.717, 1.165) is 16.7 Å². The monoisotopic (exact) mass is 288 g/mol. The van der Waals surface area contributed by atoms with Gasteiger partial charge in [0.25, 0.3) is 5.91 Å². The van der Waals surface area contributed by atoms with Gasteiger partial charge in [0.05, 0.1) is 5.56 Å². The number of pyridine rings is 1. The van der Waals surface area contributed by atoms with Crippen LogP contribution >= 0.6 is 0 Å². The Kier molecular flexibility index (Phi) is 4.18. The second-order valence-electron chi connectivity index (χ2n) is 4.89. The van der Waals surface area contributed by atoms with Crippen LogP contribution in [0.15, 0.2) is 24.4 Å². The minimum absolute atomic E-state index is 0.114. The number of benzene rings is 1. The van der Waals surface area contributed by atoms with E-state index in [-0.39, 0.29) is 11.4 Å². The van der Waals surface area contributed by atoms with Crippen LogP contribution in [0.2, 0.25) is 0 Å². The van der Waals surface area contributed by atoms with Crippen molar-refractivity contribution in [2.45, 2.75) is 20.8 Å². The van der Waals surface area contributed by atoms with E-state index in [1.165, 1.54) is 12.3 Å². The number of hydrogen-bond donors (Lipinski definition) is 3. The number of nitrogens with two attached hydrogens (primary N) is 1. The van der Waals surface area contributed by atoms with E-state index in [1.54, 1.807) is 0 Å². The number of amides is 1. The molecule has 1 aromatic heterocycles. The molecule has 0 spiro atoms. The molecule has 0 saturated carbocycles. The predicted octanol–water partition coefficient (Wildman–Crippen LogP) is 2.68. The minimum Gasteiger partial charge on any atom is -0.321 e. The average Bonchev–Trinajstić information content (AvgIpc) is 2.42. The van der Waals surface area contributed by atoms with Gasteiger partial charge in [0.2, 0.25) is 0 Å². The van der Waals surface area contributed by atoms with Gasteiger partial charge in [-0.15, -0.1) is 0 Å². The number of hydrogen-bond acceptors (Lipinski definition) is 4. The summed E-state index contributed by atoms with van der Waals surface area (Å²) in [6.45, 7) is 5.77. The van der Waals surface area contributed by atoms with Crippen molar-refractivity contribution in [3.8, 4) is 0 Å². The standard InChI is InChI=1S/C15H17FN4O/c1-8-6-9(2)13(10(3)7-8)19-15(21)11-4-5-18-14(20-17)12(11)16/h4-7H,17H2,1-3H3,(H,18,20)(H,19,21). The summed E-state index contributed by atoms with van der Waals surface area (Å²) in [5, 5.41) is 2.74. The molecule has 0 aliphatic heterocycles. The van der Waals surface area contributed by atoms with Crippen LogP contribution in [-0.4, -0.2) is 10.9 Å². The third-order valence-electron chi connectivity index (χ3n) is 3.19. The van der Waals surface area contributed by atoms with Crippen LogP contribution < -0.4 is 16.6 Å². The van der Waals surface area contributed by atoms with Gasteiger partial charge in [-0.2, -0.15) is 0 Å². The number of nitrogens with zero attached hydrogens (tertiary/aromatic N) is 1. The first-order valence-electron chi connectivity index (χ1n) is 6.44. The molecule has 6 heteroatoms. The number of nitrogens with one attached hydrogen (secondary N) is 2. The first-order chi connectivity index (χ1) is 9.93. The molecular formula is C15H17FN4O. The highest BCUT2D eigenvalue weighted by Gasteiger charge is 2.17. The number of carbonyl (C=O) groups excluding carboxylic acids is 1. The van der Waals surface area contributed by atoms with Crippen molar-refractivity contribution in [2.24, 2.45) is 5.84 Å². The molecule has 4 N–H and O–H groups in total. The van der Waals surface area contributed by atoms with Gasteiger partial charge in [-0.1, -0.05) is 17.7 Å². The summed E-state index contributed by atoms with van der Waals surface area (Å²) in [5.41, 5.74) is 5.64. The number of hydrazine groups is 1. The Bertz CT molecular complexity index is 677. The van der Waals surface area contributed by atoms with Crippen LogP contribution in [0.1, 0.15) is 27.0 Å². The molecule has 2 rings (SSSR count). The lowest BCUT2D eigenvalue weighted by Gasteiger charge is -2.13. The third-order valence-corrected chi connectivity index (χ3v) is 3.19. The molecule has 0 unspecified atom stereocenters. The van der Waals surface area contributed by atoms with Gasteiger partial charge in [0.15, 0.2) is 11.6 Å².